The minimum atomic E-state index is -2.94. The van der Waals surface area contributed by atoms with Gasteiger partial charge in [-0.2, -0.15) is 8.78 Å². The zero-order chi connectivity index (χ0) is 27.5. The number of nitrogens with zero attached hydrogens (tertiary/aromatic N) is 4. The van der Waals surface area contributed by atoms with Crippen molar-refractivity contribution in [2.75, 3.05) is 6.61 Å². The molecule has 1 aliphatic rings. The molecular formula is C29H27ClF2N4O3. The molecule has 202 valence electrons. The Bertz CT molecular complexity index is 1540. The minimum absolute atomic E-state index is 0.0707. The molecule has 5 rings (SSSR count). The van der Waals surface area contributed by atoms with Crippen LogP contribution in [0.3, 0.4) is 0 Å². The van der Waals surface area contributed by atoms with E-state index >= 15 is 0 Å². The van der Waals surface area contributed by atoms with E-state index in [0.717, 1.165) is 33.6 Å². The van der Waals surface area contributed by atoms with Gasteiger partial charge in [-0.05, 0) is 74.6 Å². The number of alkyl halides is 2. The fourth-order valence-electron chi connectivity index (χ4n) is 4.83. The number of imidazole rings is 1. The molecule has 2 heterocycles. The number of carbonyl (C=O) groups is 1. The van der Waals surface area contributed by atoms with E-state index in [9.17, 15) is 13.6 Å². The van der Waals surface area contributed by atoms with E-state index < -0.39 is 6.61 Å². The normalized spacial score (nSPS) is 15.4. The number of esters is 1. The molecule has 2 aromatic carbocycles. The van der Waals surface area contributed by atoms with Gasteiger partial charge in [-0.3, -0.25) is 4.79 Å². The summed E-state index contributed by atoms with van der Waals surface area (Å²) < 4.78 is 37.7. The monoisotopic (exact) mass is 552 g/mol. The first kappa shape index (κ1) is 26.7. The second kappa shape index (κ2) is 11.5. The molecule has 2 aromatic heterocycles. The summed E-state index contributed by atoms with van der Waals surface area (Å²) in [6, 6.07) is 10.4. The number of fused-ring (bicyclic) bond motifs is 1. The number of aromatic nitrogens is 4. The lowest BCUT2D eigenvalue weighted by molar-refractivity contribution is -0.148. The quantitative estimate of drug-likeness (QED) is 0.222. The number of benzene rings is 2. The highest BCUT2D eigenvalue weighted by molar-refractivity contribution is 6.30. The van der Waals surface area contributed by atoms with Crippen molar-refractivity contribution in [3.63, 3.8) is 0 Å². The molecule has 0 saturated heterocycles. The molecule has 0 aliphatic heterocycles. The first-order valence-electron chi connectivity index (χ1n) is 12.7. The third-order valence-electron chi connectivity index (χ3n) is 6.81. The molecule has 0 radical (unpaired) electrons. The van der Waals surface area contributed by atoms with E-state index in [1.54, 1.807) is 18.5 Å². The standard InChI is InChI=1S/C29H27ClF2N4O3/c1-3-38-28(37)19-6-4-18(5-7-19)27-33-14-22(15-34-27)20-8-10-24-25(13-20)36(17(2)35-24)16-21-12-23(30)9-11-26(21)39-29(31)32/h4,8-15,19,29H,3,5-7,16H2,1-2H3. The SMILES string of the molecule is CCOC(=O)C1CC=C(c2ncc(-c3ccc4nc(C)n(Cc5cc(Cl)ccc5OC(F)F)c4c3)cn2)CC1. The summed E-state index contributed by atoms with van der Waals surface area (Å²) in [6.45, 7) is 1.37. The molecule has 0 fully saturated rings. The third-order valence-corrected chi connectivity index (χ3v) is 7.04. The number of rotatable bonds is 8. The number of halogens is 3. The molecule has 0 saturated carbocycles. The Kier molecular flexibility index (Phi) is 7.88. The number of carbonyl (C=O) groups excluding carboxylic acids is 1. The van der Waals surface area contributed by atoms with Crippen LogP contribution in [-0.2, 0) is 16.1 Å². The van der Waals surface area contributed by atoms with Crippen LogP contribution in [0.1, 0.15) is 43.4 Å². The van der Waals surface area contributed by atoms with Gasteiger partial charge < -0.3 is 14.0 Å². The maximum absolute atomic E-state index is 13.0. The van der Waals surface area contributed by atoms with Crippen LogP contribution in [0.5, 0.6) is 5.75 Å². The number of hydrogen-bond acceptors (Lipinski definition) is 6. The van der Waals surface area contributed by atoms with Crippen molar-refractivity contribution in [2.45, 2.75) is 46.3 Å². The van der Waals surface area contributed by atoms with E-state index in [4.69, 9.17) is 21.1 Å². The van der Waals surface area contributed by atoms with Crippen molar-refractivity contribution in [1.29, 1.82) is 0 Å². The predicted octanol–water partition coefficient (Wildman–Crippen LogP) is 6.85. The van der Waals surface area contributed by atoms with Gasteiger partial charge in [-0.15, -0.1) is 0 Å². The smallest absolute Gasteiger partial charge is 0.387 e. The van der Waals surface area contributed by atoms with Crippen LogP contribution >= 0.6 is 11.6 Å². The van der Waals surface area contributed by atoms with Gasteiger partial charge in [0.2, 0.25) is 0 Å². The Hall–Kier alpha value is -3.85. The molecule has 4 aromatic rings. The minimum Gasteiger partial charge on any atom is -0.466 e. The highest BCUT2D eigenvalue weighted by Gasteiger charge is 2.24. The number of hydrogen-bond donors (Lipinski definition) is 0. The summed E-state index contributed by atoms with van der Waals surface area (Å²) >= 11 is 6.15. The molecule has 0 bridgehead atoms. The zero-order valence-electron chi connectivity index (χ0n) is 21.5. The Morgan fingerprint density at radius 2 is 1.95 bits per heavy atom. The molecular weight excluding hydrogens is 526 g/mol. The second-order valence-corrected chi connectivity index (χ2v) is 9.76. The van der Waals surface area contributed by atoms with Crippen LogP contribution in [0.25, 0.3) is 27.7 Å². The summed E-state index contributed by atoms with van der Waals surface area (Å²) in [5.74, 6) is 1.18. The number of ether oxygens (including phenoxy) is 2. The van der Waals surface area contributed by atoms with Gasteiger partial charge >= 0.3 is 12.6 Å². The third kappa shape index (κ3) is 5.93. The van der Waals surface area contributed by atoms with E-state index in [0.29, 0.717) is 42.3 Å². The largest absolute Gasteiger partial charge is 0.466 e. The summed E-state index contributed by atoms with van der Waals surface area (Å²) in [6.07, 6.45) is 7.63. The predicted molar refractivity (Wildman–Crippen MR) is 145 cm³/mol. The van der Waals surface area contributed by atoms with Crippen LogP contribution < -0.4 is 4.74 Å². The summed E-state index contributed by atoms with van der Waals surface area (Å²) in [4.78, 5) is 25.8. The van der Waals surface area contributed by atoms with Gasteiger partial charge in [-0.1, -0.05) is 23.7 Å². The molecule has 1 aliphatic carbocycles. The highest BCUT2D eigenvalue weighted by atomic mass is 35.5. The van der Waals surface area contributed by atoms with Crippen molar-refractivity contribution in [3.05, 3.63) is 77.1 Å². The molecule has 1 unspecified atom stereocenters. The van der Waals surface area contributed by atoms with Crippen LogP contribution in [0.2, 0.25) is 5.02 Å². The van der Waals surface area contributed by atoms with Gasteiger partial charge in [0.1, 0.15) is 11.6 Å². The average Bonchev–Trinajstić information content (AvgIpc) is 3.24. The van der Waals surface area contributed by atoms with Crippen LogP contribution in [-0.4, -0.2) is 38.7 Å². The molecule has 10 heteroatoms. The van der Waals surface area contributed by atoms with Crippen LogP contribution in [0.15, 0.2) is 54.9 Å². The first-order valence-corrected chi connectivity index (χ1v) is 13.1. The summed E-state index contributed by atoms with van der Waals surface area (Å²) in [7, 11) is 0. The molecule has 7 nitrogen and oxygen atoms in total. The zero-order valence-corrected chi connectivity index (χ0v) is 22.3. The molecule has 0 spiro atoms. The van der Waals surface area contributed by atoms with E-state index in [1.807, 2.05) is 42.7 Å². The molecule has 39 heavy (non-hydrogen) atoms. The second-order valence-electron chi connectivity index (χ2n) is 9.33. The van der Waals surface area contributed by atoms with Gasteiger partial charge in [-0.25, -0.2) is 15.0 Å². The fourth-order valence-corrected chi connectivity index (χ4v) is 5.02. The summed E-state index contributed by atoms with van der Waals surface area (Å²) in [5.41, 5.74) is 4.87. The van der Waals surface area contributed by atoms with Crippen molar-refractivity contribution < 1.29 is 23.0 Å². The topological polar surface area (TPSA) is 79.1 Å². The molecule has 1 atom stereocenters. The van der Waals surface area contributed by atoms with Gasteiger partial charge in [0.15, 0.2) is 5.82 Å². The van der Waals surface area contributed by atoms with E-state index in [1.165, 1.54) is 12.1 Å². The Labute approximate surface area is 229 Å². The lowest BCUT2D eigenvalue weighted by atomic mass is 9.89. The number of aryl methyl sites for hydroxylation is 1. The highest BCUT2D eigenvalue weighted by Crippen LogP contribution is 2.31. The fraction of sp³-hybridized carbons (Fsp3) is 0.310. The van der Waals surface area contributed by atoms with Gasteiger partial charge in [0, 0.05) is 28.5 Å². The summed E-state index contributed by atoms with van der Waals surface area (Å²) in [5, 5.41) is 0.427. The lowest BCUT2D eigenvalue weighted by Gasteiger charge is -2.19. The van der Waals surface area contributed by atoms with Crippen molar-refractivity contribution in [3.8, 4) is 16.9 Å². The van der Waals surface area contributed by atoms with E-state index in [2.05, 4.69) is 15.0 Å². The maximum atomic E-state index is 13.0. The van der Waals surface area contributed by atoms with Crippen molar-refractivity contribution in [1.82, 2.24) is 19.5 Å². The lowest BCUT2D eigenvalue weighted by Crippen LogP contribution is -2.19. The Morgan fingerprint density at radius 3 is 2.64 bits per heavy atom. The number of allylic oxidation sites excluding steroid dienone is 2. The van der Waals surface area contributed by atoms with Gasteiger partial charge in [0.25, 0.3) is 0 Å². The first-order chi connectivity index (χ1) is 18.8. The van der Waals surface area contributed by atoms with Crippen molar-refractivity contribution in [2.24, 2.45) is 5.92 Å². The maximum Gasteiger partial charge on any atom is 0.387 e. The van der Waals surface area contributed by atoms with Crippen LogP contribution in [0.4, 0.5) is 8.78 Å². The van der Waals surface area contributed by atoms with Crippen molar-refractivity contribution >= 4 is 34.2 Å². The van der Waals surface area contributed by atoms with Gasteiger partial charge in [0.05, 0.1) is 30.1 Å². The Balaban J connectivity index is 1.40. The average molecular weight is 553 g/mol. The van der Waals surface area contributed by atoms with E-state index in [-0.39, 0.29) is 24.2 Å². The Morgan fingerprint density at radius 1 is 1.15 bits per heavy atom. The van der Waals surface area contributed by atoms with Crippen LogP contribution in [0, 0.1) is 12.8 Å². The molecule has 0 amide bonds. The molecule has 0 N–H and O–H groups in total.